The molecule has 0 aliphatic heterocycles. The van der Waals surface area contributed by atoms with Gasteiger partial charge in [-0.25, -0.2) is 4.39 Å². The third kappa shape index (κ3) is 1.10. The van der Waals surface area contributed by atoms with Gasteiger partial charge in [0.05, 0.1) is 0 Å². The van der Waals surface area contributed by atoms with E-state index in [1.807, 2.05) is 6.07 Å². The molecule has 1 aromatic carbocycles. The van der Waals surface area contributed by atoms with Gasteiger partial charge in [0, 0.05) is 5.54 Å². The molecule has 1 atom stereocenters. The summed E-state index contributed by atoms with van der Waals surface area (Å²) in [5.41, 5.74) is 7.69. The van der Waals surface area contributed by atoms with E-state index in [0.29, 0.717) is 5.56 Å². The van der Waals surface area contributed by atoms with Crippen molar-refractivity contribution in [1.82, 2.24) is 0 Å². The highest BCUT2D eigenvalue weighted by Crippen LogP contribution is 2.60. The van der Waals surface area contributed by atoms with Gasteiger partial charge in [-0.05, 0) is 36.0 Å². The van der Waals surface area contributed by atoms with Crippen molar-refractivity contribution in [1.29, 1.82) is 0 Å². The summed E-state index contributed by atoms with van der Waals surface area (Å²) in [6.07, 6.45) is 0.935. The first-order valence-corrected chi connectivity index (χ1v) is 4.93. The van der Waals surface area contributed by atoms with Crippen molar-refractivity contribution in [3.8, 4) is 0 Å². The molecule has 1 aliphatic rings. The molecule has 0 aromatic heterocycles. The van der Waals surface area contributed by atoms with Gasteiger partial charge in [-0.15, -0.1) is 0 Å². The van der Waals surface area contributed by atoms with E-state index in [0.717, 1.165) is 12.0 Å². The van der Waals surface area contributed by atoms with Crippen LogP contribution in [0, 0.1) is 18.2 Å². The molecule has 1 aromatic rings. The normalized spacial score (nSPS) is 28.9. The number of nitrogens with two attached hydrogens (primary N) is 1. The molecule has 1 fully saturated rings. The van der Waals surface area contributed by atoms with Crippen LogP contribution in [0.5, 0.6) is 0 Å². The van der Waals surface area contributed by atoms with Gasteiger partial charge < -0.3 is 5.73 Å². The zero-order chi connectivity index (χ0) is 10.6. The first-order valence-electron chi connectivity index (χ1n) is 4.93. The van der Waals surface area contributed by atoms with Crippen molar-refractivity contribution in [3.63, 3.8) is 0 Å². The number of hydrogen-bond donors (Lipinski definition) is 1. The van der Waals surface area contributed by atoms with Crippen molar-refractivity contribution in [2.75, 3.05) is 0 Å². The van der Waals surface area contributed by atoms with E-state index in [9.17, 15) is 4.39 Å². The highest BCUT2D eigenvalue weighted by Gasteiger charge is 2.59. The first-order chi connectivity index (χ1) is 6.38. The Morgan fingerprint density at radius 2 is 1.93 bits per heavy atom. The van der Waals surface area contributed by atoms with E-state index in [2.05, 4.69) is 13.8 Å². The number of benzene rings is 1. The fourth-order valence-corrected chi connectivity index (χ4v) is 2.20. The quantitative estimate of drug-likeness (QED) is 0.729. The topological polar surface area (TPSA) is 26.0 Å². The molecule has 0 radical (unpaired) electrons. The fraction of sp³-hybridized carbons (Fsp3) is 0.500. The first kappa shape index (κ1) is 9.66. The van der Waals surface area contributed by atoms with E-state index in [1.165, 1.54) is 6.07 Å². The lowest BCUT2D eigenvalue weighted by Crippen LogP contribution is -2.26. The van der Waals surface area contributed by atoms with Crippen LogP contribution in [0.2, 0.25) is 0 Å². The molecule has 76 valence electrons. The second kappa shape index (κ2) is 2.57. The van der Waals surface area contributed by atoms with Gasteiger partial charge in [-0.3, -0.25) is 0 Å². The summed E-state index contributed by atoms with van der Waals surface area (Å²) in [6, 6.07) is 5.16. The van der Waals surface area contributed by atoms with Gasteiger partial charge in [0.15, 0.2) is 0 Å². The van der Waals surface area contributed by atoms with Crippen LogP contribution in [0.1, 0.15) is 31.4 Å². The van der Waals surface area contributed by atoms with Crippen molar-refractivity contribution in [2.24, 2.45) is 11.1 Å². The SMILES string of the molecule is Cc1c(F)cccc1C1(N)CC1(C)C. The summed E-state index contributed by atoms with van der Waals surface area (Å²) in [5.74, 6) is -0.157. The summed E-state index contributed by atoms with van der Waals surface area (Å²) in [5, 5.41) is 0. The van der Waals surface area contributed by atoms with Crippen LogP contribution in [0.3, 0.4) is 0 Å². The molecule has 0 spiro atoms. The number of rotatable bonds is 1. The van der Waals surface area contributed by atoms with Gasteiger partial charge in [-0.2, -0.15) is 0 Å². The lowest BCUT2D eigenvalue weighted by molar-refractivity contribution is 0.503. The summed E-state index contributed by atoms with van der Waals surface area (Å²) in [7, 11) is 0. The van der Waals surface area contributed by atoms with Gasteiger partial charge in [0.2, 0.25) is 0 Å². The maximum Gasteiger partial charge on any atom is 0.126 e. The highest BCUT2D eigenvalue weighted by atomic mass is 19.1. The molecule has 0 bridgehead atoms. The van der Waals surface area contributed by atoms with Crippen LogP contribution in [0.25, 0.3) is 0 Å². The standard InChI is InChI=1S/C12H16FN/c1-8-9(5-4-6-10(8)13)12(14)7-11(12,2)3/h4-6H,7,14H2,1-3H3. The fourth-order valence-electron chi connectivity index (χ4n) is 2.20. The summed E-state index contributed by atoms with van der Waals surface area (Å²) in [6.45, 7) is 6.04. The van der Waals surface area contributed by atoms with E-state index in [4.69, 9.17) is 5.73 Å². The Labute approximate surface area is 84.1 Å². The maximum atomic E-state index is 13.3. The molecule has 1 saturated carbocycles. The smallest absolute Gasteiger partial charge is 0.126 e. The molecule has 2 rings (SSSR count). The molecule has 2 N–H and O–H groups in total. The van der Waals surface area contributed by atoms with Gasteiger partial charge in [0.1, 0.15) is 5.82 Å². The van der Waals surface area contributed by atoms with Crippen LogP contribution in [-0.2, 0) is 5.54 Å². The third-order valence-corrected chi connectivity index (χ3v) is 3.55. The third-order valence-electron chi connectivity index (χ3n) is 3.55. The van der Waals surface area contributed by atoms with Crippen LogP contribution < -0.4 is 5.73 Å². The molecule has 0 heterocycles. The lowest BCUT2D eigenvalue weighted by atomic mass is 9.93. The molecule has 2 heteroatoms. The minimum Gasteiger partial charge on any atom is -0.321 e. The van der Waals surface area contributed by atoms with Crippen LogP contribution in [0.15, 0.2) is 18.2 Å². The monoisotopic (exact) mass is 193 g/mol. The Morgan fingerprint density at radius 1 is 1.36 bits per heavy atom. The molecule has 1 nitrogen and oxygen atoms in total. The molecule has 14 heavy (non-hydrogen) atoms. The zero-order valence-electron chi connectivity index (χ0n) is 8.89. The molecule has 1 aliphatic carbocycles. The Balaban J connectivity index is 2.49. The van der Waals surface area contributed by atoms with Crippen molar-refractivity contribution < 1.29 is 4.39 Å². The Morgan fingerprint density at radius 3 is 2.43 bits per heavy atom. The van der Waals surface area contributed by atoms with Crippen molar-refractivity contribution >= 4 is 0 Å². The molecule has 0 saturated heterocycles. The van der Waals surface area contributed by atoms with E-state index in [1.54, 1.807) is 13.0 Å². The molecular formula is C12H16FN. The maximum absolute atomic E-state index is 13.3. The number of halogens is 1. The highest BCUT2D eigenvalue weighted by molar-refractivity contribution is 5.41. The Hall–Kier alpha value is -0.890. The predicted molar refractivity (Wildman–Crippen MR) is 55.4 cm³/mol. The van der Waals surface area contributed by atoms with E-state index in [-0.39, 0.29) is 16.8 Å². The van der Waals surface area contributed by atoms with Crippen molar-refractivity contribution in [3.05, 3.63) is 35.1 Å². The van der Waals surface area contributed by atoms with Crippen LogP contribution in [0.4, 0.5) is 4.39 Å². The minimum absolute atomic E-state index is 0.103. The number of hydrogen-bond acceptors (Lipinski definition) is 1. The van der Waals surface area contributed by atoms with Crippen molar-refractivity contribution in [2.45, 2.75) is 32.7 Å². The molecular weight excluding hydrogens is 177 g/mol. The molecule has 0 amide bonds. The van der Waals surface area contributed by atoms with Gasteiger partial charge >= 0.3 is 0 Å². The van der Waals surface area contributed by atoms with Gasteiger partial charge in [-0.1, -0.05) is 26.0 Å². The summed E-state index contributed by atoms with van der Waals surface area (Å²) in [4.78, 5) is 0. The zero-order valence-corrected chi connectivity index (χ0v) is 8.89. The Bertz CT molecular complexity index is 384. The predicted octanol–water partition coefficient (Wildman–Crippen LogP) is 2.72. The van der Waals surface area contributed by atoms with Gasteiger partial charge in [0.25, 0.3) is 0 Å². The average Bonchev–Trinajstić information content (AvgIpc) is 2.58. The summed E-state index contributed by atoms with van der Waals surface area (Å²) >= 11 is 0. The minimum atomic E-state index is -0.320. The average molecular weight is 193 g/mol. The largest absolute Gasteiger partial charge is 0.321 e. The second-order valence-electron chi connectivity index (χ2n) is 4.94. The lowest BCUT2D eigenvalue weighted by Gasteiger charge is -2.18. The second-order valence-corrected chi connectivity index (χ2v) is 4.94. The van der Waals surface area contributed by atoms with Crippen LogP contribution in [-0.4, -0.2) is 0 Å². The van der Waals surface area contributed by atoms with E-state index >= 15 is 0 Å². The van der Waals surface area contributed by atoms with Crippen LogP contribution >= 0.6 is 0 Å². The summed E-state index contributed by atoms with van der Waals surface area (Å²) < 4.78 is 13.3. The molecule has 1 unspecified atom stereocenters. The van der Waals surface area contributed by atoms with E-state index < -0.39 is 0 Å². The Kier molecular flexibility index (Phi) is 1.77.